The van der Waals surface area contributed by atoms with E-state index in [-0.39, 0.29) is 0 Å². The Bertz CT molecular complexity index is 3800. The summed E-state index contributed by atoms with van der Waals surface area (Å²) in [6, 6.07) is 105. The molecule has 1 nitrogen and oxygen atoms in total. The van der Waals surface area contributed by atoms with Gasteiger partial charge in [0.2, 0.25) is 0 Å². The van der Waals surface area contributed by atoms with Gasteiger partial charge in [-0.15, -0.1) is 0 Å². The second-order valence-electron chi connectivity index (χ2n) is 18.3. The Morgan fingerprint density at radius 2 is 0.729 bits per heavy atom. The van der Waals surface area contributed by atoms with E-state index in [9.17, 15) is 0 Å². The topological polar surface area (TPSA) is 3.24 Å². The van der Waals surface area contributed by atoms with Gasteiger partial charge in [0, 0.05) is 22.2 Å². The van der Waals surface area contributed by atoms with E-state index in [2.05, 4.69) is 290 Å². The Kier molecular flexibility index (Phi) is 10.1. The molecule has 70 heavy (non-hydrogen) atoms. The third kappa shape index (κ3) is 6.62. The monoisotopic (exact) mass is 889 g/mol. The fourth-order valence-electron chi connectivity index (χ4n) is 11.6. The molecule has 0 amide bonds. The minimum atomic E-state index is -0.564. The van der Waals surface area contributed by atoms with E-state index >= 15 is 0 Å². The number of fused-ring (bicyclic) bond motifs is 6. The quantitative estimate of drug-likeness (QED) is 0.131. The molecule has 0 saturated carbocycles. The molecule has 0 unspecified atom stereocenters. The molecule has 0 aliphatic heterocycles. The van der Waals surface area contributed by atoms with Gasteiger partial charge in [0.15, 0.2) is 0 Å². The zero-order chi connectivity index (χ0) is 46.4. The summed E-state index contributed by atoms with van der Waals surface area (Å²) in [5, 5.41) is 4.85. The highest BCUT2D eigenvalue weighted by molar-refractivity contribution is 6.23. The van der Waals surface area contributed by atoms with Crippen molar-refractivity contribution in [3.05, 3.63) is 307 Å². The molecule has 1 aliphatic rings. The van der Waals surface area contributed by atoms with Gasteiger partial charge >= 0.3 is 0 Å². The van der Waals surface area contributed by atoms with Crippen molar-refractivity contribution in [2.45, 2.75) is 5.41 Å². The fourth-order valence-corrected chi connectivity index (χ4v) is 11.6. The van der Waals surface area contributed by atoms with Crippen LogP contribution in [0.4, 0.5) is 17.1 Å². The van der Waals surface area contributed by atoms with Gasteiger partial charge in [-0.3, -0.25) is 0 Å². The minimum absolute atomic E-state index is 0.564. The number of nitrogens with zero attached hydrogens (tertiary/aromatic N) is 1. The molecule has 328 valence electrons. The van der Waals surface area contributed by atoms with Crippen LogP contribution in [0.15, 0.2) is 285 Å². The highest BCUT2D eigenvalue weighted by Crippen LogP contribution is 2.61. The van der Waals surface area contributed by atoms with Crippen LogP contribution >= 0.6 is 0 Å². The lowest BCUT2D eigenvalue weighted by Crippen LogP contribution is -2.28. The zero-order valence-corrected chi connectivity index (χ0v) is 38.6. The lowest BCUT2D eigenvalue weighted by atomic mass is 9.68. The first-order valence-electron chi connectivity index (χ1n) is 24.3. The van der Waals surface area contributed by atoms with Crippen LogP contribution in [0.25, 0.3) is 77.2 Å². The average Bonchev–Trinajstić information content (AvgIpc) is 3.76. The van der Waals surface area contributed by atoms with Crippen molar-refractivity contribution in [2.24, 2.45) is 0 Å². The maximum atomic E-state index is 2.58. The van der Waals surface area contributed by atoms with E-state index < -0.39 is 5.41 Å². The van der Waals surface area contributed by atoms with Crippen molar-refractivity contribution in [2.75, 3.05) is 4.90 Å². The van der Waals surface area contributed by atoms with E-state index in [0.29, 0.717) is 0 Å². The molecule has 0 saturated heterocycles. The molecule has 0 bridgehead atoms. The maximum Gasteiger partial charge on any atom is 0.0714 e. The van der Waals surface area contributed by atoms with Gasteiger partial charge in [0.05, 0.1) is 16.8 Å². The zero-order valence-electron chi connectivity index (χ0n) is 38.6. The Labute approximate surface area is 409 Å². The van der Waals surface area contributed by atoms with Crippen molar-refractivity contribution in [1.82, 2.24) is 0 Å². The number of anilines is 3. The van der Waals surface area contributed by atoms with Gasteiger partial charge < -0.3 is 4.90 Å². The molecule has 0 heterocycles. The summed E-state index contributed by atoms with van der Waals surface area (Å²) in [5.41, 5.74) is 19.8. The van der Waals surface area contributed by atoms with Crippen LogP contribution in [-0.4, -0.2) is 0 Å². The Morgan fingerprint density at radius 1 is 0.257 bits per heavy atom. The van der Waals surface area contributed by atoms with Crippen molar-refractivity contribution in [1.29, 1.82) is 0 Å². The van der Waals surface area contributed by atoms with Gasteiger partial charge in [-0.05, 0) is 107 Å². The molecular weight excluding hydrogens is 843 g/mol. The first-order valence-corrected chi connectivity index (χ1v) is 24.3. The van der Waals surface area contributed by atoms with Gasteiger partial charge in [0.25, 0.3) is 0 Å². The highest BCUT2D eigenvalue weighted by atomic mass is 15.2. The molecule has 0 fully saturated rings. The van der Waals surface area contributed by atoms with Crippen LogP contribution in [0.2, 0.25) is 0 Å². The predicted molar refractivity (Wildman–Crippen MR) is 295 cm³/mol. The second kappa shape index (κ2) is 17.2. The molecule has 0 radical (unpaired) electrons. The SMILES string of the molecule is c1ccc(-c2ccc(-c3ccccc3)c(-c3ccc(N(c4cccc5c4-c4ccccc4C5(c4ccccc4)c4ccccc4)c4c(-c5ccccc5)c5ccccc5c5ccccc45)cc3)c2)cc1. The third-order valence-electron chi connectivity index (χ3n) is 14.5. The van der Waals surface area contributed by atoms with Gasteiger partial charge in [0.1, 0.15) is 0 Å². The van der Waals surface area contributed by atoms with Crippen molar-refractivity contribution in [3.8, 4) is 55.6 Å². The molecule has 12 aromatic carbocycles. The molecule has 0 atom stereocenters. The van der Waals surface area contributed by atoms with Gasteiger partial charge in [-0.25, -0.2) is 0 Å². The van der Waals surface area contributed by atoms with Crippen molar-refractivity contribution >= 4 is 38.6 Å². The largest absolute Gasteiger partial charge is 0.309 e. The number of hydrogen-bond acceptors (Lipinski definition) is 1. The summed E-state index contributed by atoms with van der Waals surface area (Å²) in [7, 11) is 0. The molecule has 0 N–H and O–H groups in total. The van der Waals surface area contributed by atoms with Crippen LogP contribution in [0.3, 0.4) is 0 Å². The summed E-state index contributed by atoms with van der Waals surface area (Å²) in [6.45, 7) is 0. The maximum absolute atomic E-state index is 2.58. The lowest BCUT2D eigenvalue weighted by molar-refractivity contribution is 0.768. The molecule has 0 aromatic heterocycles. The Morgan fingerprint density at radius 3 is 1.37 bits per heavy atom. The summed E-state index contributed by atoms with van der Waals surface area (Å²) in [4.78, 5) is 2.58. The second-order valence-corrected chi connectivity index (χ2v) is 18.3. The van der Waals surface area contributed by atoms with Crippen LogP contribution in [0, 0.1) is 0 Å². The van der Waals surface area contributed by atoms with Crippen LogP contribution < -0.4 is 4.90 Å². The molecule has 0 spiro atoms. The van der Waals surface area contributed by atoms with Crippen molar-refractivity contribution < 1.29 is 0 Å². The first-order chi connectivity index (χ1) is 34.8. The Balaban J connectivity index is 1.13. The van der Waals surface area contributed by atoms with Crippen LogP contribution in [-0.2, 0) is 5.41 Å². The summed E-state index contributed by atoms with van der Waals surface area (Å²) in [6.07, 6.45) is 0. The third-order valence-corrected chi connectivity index (χ3v) is 14.5. The predicted octanol–water partition coefficient (Wildman–Crippen LogP) is 18.5. The van der Waals surface area contributed by atoms with E-state index in [1.165, 1.54) is 93.9 Å². The average molecular weight is 890 g/mol. The number of rotatable bonds is 9. The van der Waals surface area contributed by atoms with Crippen LogP contribution in [0.1, 0.15) is 22.3 Å². The number of hydrogen-bond donors (Lipinski definition) is 0. The van der Waals surface area contributed by atoms with E-state index in [0.717, 1.165) is 22.6 Å². The van der Waals surface area contributed by atoms with E-state index in [1.807, 2.05) is 0 Å². The molecular formula is C69H47N. The minimum Gasteiger partial charge on any atom is -0.309 e. The smallest absolute Gasteiger partial charge is 0.0714 e. The van der Waals surface area contributed by atoms with Gasteiger partial charge in [-0.2, -0.15) is 0 Å². The molecule has 12 aromatic rings. The first kappa shape index (κ1) is 41.2. The summed E-state index contributed by atoms with van der Waals surface area (Å²) < 4.78 is 0. The standard InChI is InChI=1S/C69H47N/c1-6-23-48(24-7-1)52-43-46-56(49-25-8-2-9-26-49)62(47-52)50-41-44-55(45-42-50)70(68-60-36-19-17-34-58(60)57-33-16-18-35-59(57)66(68)51-27-10-3-11-28-51)65-40-22-39-64-67(65)61-37-20-21-38-63(61)69(64,53-29-12-4-13-30-53)54-31-14-5-15-32-54/h1-47H. The summed E-state index contributed by atoms with van der Waals surface area (Å²) >= 11 is 0. The van der Waals surface area contributed by atoms with Gasteiger partial charge in [-0.1, -0.05) is 261 Å². The molecule has 1 aliphatic carbocycles. The number of benzene rings is 12. The van der Waals surface area contributed by atoms with Crippen LogP contribution in [0.5, 0.6) is 0 Å². The Hall–Kier alpha value is -9.04. The lowest BCUT2D eigenvalue weighted by Gasteiger charge is -2.35. The fraction of sp³-hybridized carbons (Fsp3) is 0.0145. The molecule has 13 rings (SSSR count). The normalized spacial score (nSPS) is 12.4. The highest BCUT2D eigenvalue weighted by Gasteiger charge is 2.47. The summed E-state index contributed by atoms with van der Waals surface area (Å²) in [5.74, 6) is 0. The molecule has 1 heteroatoms. The van der Waals surface area contributed by atoms with Crippen molar-refractivity contribution in [3.63, 3.8) is 0 Å². The van der Waals surface area contributed by atoms with E-state index in [4.69, 9.17) is 0 Å². The van der Waals surface area contributed by atoms with E-state index in [1.54, 1.807) is 0 Å².